The number of aromatic nitrogens is 1. The summed E-state index contributed by atoms with van der Waals surface area (Å²) in [6.07, 6.45) is 0. The third-order valence-corrected chi connectivity index (χ3v) is 7.14. The van der Waals surface area contributed by atoms with Gasteiger partial charge in [-0.15, -0.1) is 0 Å². The maximum atomic E-state index is 13.9. The van der Waals surface area contributed by atoms with Crippen LogP contribution in [0.2, 0.25) is 0 Å². The maximum absolute atomic E-state index is 13.9. The van der Waals surface area contributed by atoms with Crippen LogP contribution in [-0.4, -0.2) is 24.6 Å². The molecule has 2 aromatic heterocycles. The van der Waals surface area contributed by atoms with Gasteiger partial charge in [0.05, 0.1) is 40.9 Å². The number of amides is 1. The van der Waals surface area contributed by atoms with E-state index < -0.39 is 17.8 Å². The molecule has 1 aliphatic heterocycles. The van der Waals surface area contributed by atoms with E-state index in [1.165, 1.54) is 35.5 Å². The fourth-order valence-electron chi connectivity index (χ4n) is 4.55. The average Bonchev–Trinajstić information content (AvgIpc) is 3.43. The van der Waals surface area contributed by atoms with E-state index in [9.17, 15) is 14.0 Å². The number of nitrogens with zero attached hydrogens (tertiary/aromatic N) is 2. The molecule has 1 atom stereocenters. The molecule has 0 radical (unpaired) electrons. The van der Waals surface area contributed by atoms with Crippen LogP contribution < -0.4 is 19.8 Å². The van der Waals surface area contributed by atoms with E-state index in [0.29, 0.717) is 50.0 Å². The lowest BCUT2D eigenvalue weighted by Crippen LogP contribution is -2.29. The van der Waals surface area contributed by atoms with Crippen LogP contribution >= 0.6 is 11.3 Å². The Hall–Kier alpha value is -4.24. The van der Waals surface area contributed by atoms with E-state index in [1.807, 2.05) is 6.92 Å². The summed E-state index contributed by atoms with van der Waals surface area (Å²) in [7, 11) is 1.52. The first-order chi connectivity index (χ1) is 17.5. The number of fused-ring (bicyclic) bond motifs is 3. The summed E-state index contributed by atoms with van der Waals surface area (Å²) in [5, 5.41) is 0.702. The van der Waals surface area contributed by atoms with Crippen molar-refractivity contribution in [3.8, 4) is 11.5 Å². The molecule has 0 saturated heterocycles. The molecule has 7 nitrogen and oxygen atoms in total. The standard InChI is InChI=1S/C27H19FN2O5S/c1-3-34-19-11-8-14(12-20(19)33-2)23-22-24(31)16-6-4-5-7-18(16)35-25(22)26(32)30(23)27-29-17-10-9-15(28)13-21(17)36-27/h4-13,23H,3H2,1-2H3. The van der Waals surface area contributed by atoms with Gasteiger partial charge in [-0.05, 0) is 55.0 Å². The minimum Gasteiger partial charge on any atom is -0.493 e. The molecule has 9 heteroatoms. The van der Waals surface area contributed by atoms with Crippen molar-refractivity contribution >= 4 is 43.6 Å². The molecule has 36 heavy (non-hydrogen) atoms. The van der Waals surface area contributed by atoms with Crippen molar-refractivity contribution in [1.29, 1.82) is 0 Å². The second-order valence-electron chi connectivity index (χ2n) is 8.20. The van der Waals surface area contributed by atoms with Crippen molar-refractivity contribution in [3.05, 3.63) is 93.6 Å². The summed E-state index contributed by atoms with van der Waals surface area (Å²) in [6, 6.07) is 15.5. The number of halogens is 1. The van der Waals surface area contributed by atoms with E-state index in [-0.39, 0.29) is 16.8 Å². The molecule has 6 rings (SSSR count). The van der Waals surface area contributed by atoms with Crippen molar-refractivity contribution in [2.75, 3.05) is 18.6 Å². The predicted octanol–water partition coefficient (Wildman–Crippen LogP) is 5.70. The second-order valence-corrected chi connectivity index (χ2v) is 9.21. The van der Waals surface area contributed by atoms with E-state index in [2.05, 4.69) is 4.98 Å². The van der Waals surface area contributed by atoms with E-state index >= 15 is 0 Å². The minimum absolute atomic E-state index is 0.0398. The summed E-state index contributed by atoms with van der Waals surface area (Å²) < 4.78 is 31.6. The number of hydrogen-bond donors (Lipinski definition) is 0. The van der Waals surface area contributed by atoms with Crippen LogP contribution in [0.3, 0.4) is 0 Å². The molecule has 5 aromatic rings. The van der Waals surface area contributed by atoms with Crippen molar-refractivity contribution in [1.82, 2.24) is 4.98 Å². The smallest absolute Gasteiger partial charge is 0.297 e. The molecule has 1 aliphatic rings. The molecule has 3 aromatic carbocycles. The van der Waals surface area contributed by atoms with Gasteiger partial charge in [0.1, 0.15) is 11.4 Å². The molecular weight excluding hydrogens is 483 g/mol. The highest BCUT2D eigenvalue weighted by atomic mass is 32.1. The van der Waals surface area contributed by atoms with Crippen LogP contribution in [-0.2, 0) is 0 Å². The van der Waals surface area contributed by atoms with Gasteiger partial charge in [-0.2, -0.15) is 0 Å². The summed E-state index contributed by atoms with van der Waals surface area (Å²) in [6.45, 7) is 2.32. The average molecular weight is 503 g/mol. The van der Waals surface area contributed by atoms with Crippen LogP contribution in [0.1, 0.15) is 34.6 Å². The van der Waals surface area contributed by atoms with Crippen LogP contribution in [0, 0.1) is 5.82 Å². The van der Waals surface area contributed by atoms with Crippen LogP contribution in [0.5, 0.6) is 11.5 Å². The SMILES string of the molecule is CCOc1ccc(C2c3c(oc4ccccc4c3=O)C(=O)N2c2nc3ccc(F)cc3s2)cc1OC. The van der Waals surface area contributed by atoms with Crippen LogP contribution in [0.25, 0.3) is 21.2 Å². The Bertz CT molecular complexity index is 1730. The van der Waals surface area contributed by atoms with E-state index in [1.54, 1.807) is 48.5 Å². The third kappa shape index (κ3) is 3.35. The van der Waals surface area contributed by atoms with Gasteiger partial charge in [-0.25, -0.2) is 9.37 Å². The molecule has 0 saturated carbocycles. The topological polar surface area (TPSA) is 81.9 Å². The highest BCUT2D eigenvalue weighted by molar-refractivity contribution is 7.22. The highest BCUT2D eigenvalue weighted by Gasteiger charge is 2.45. The number of thiazole rings is 1. The van der Waals surface area contributed by atoms with Gasteiger partial charge in [0.25, 0.3) is 5.91 Å². The van der Waals surface area contributed by atoms with Gasteiger partial charge in [0.15, 0.2) is 22.1 Å². The zero-order valence-electron chi connectivity index (χ0n) is 19.3. The zero-order valence-corrected chi connectivity index (χ0v) is 20.1. The Morgan fingerprint density at radius 3 is 2.72 bits per heavy atom. The first-order valence-electron chi connectivity index (χ1n) is 11.3. The lowest BCUT2D eigenvalue weighted by molar-refractivity contribution is 0.0971. The number of carbonyl (C=O) groups excluding carboxylic acids is 1. The first kappa shape index (κ1) is 22.2. The van der Waals surface area contributed by atoms with Gasteiger partial charge in [-0.1, -0.05) is 29.5 Å². The lowest BCUT2D eigenvalue weighted by Gasteiger charge is -2.23. The molecule has 0 N–H and O–H groups in total. The summed E-state index contributed by atoms with van der Waals surface area (Å²) >= 11 is 1.17. The Morgan fingerprint density at radius 2 is 1.92 bits per heavy atom. The summed E-state index contributed by atoms with van der Waals surface area (Å²) in [5.41, 5.74) is 1.41. The number of hydrogen-bond acceptors (Lipinski definition) is 7. The monoisotopic (exact) mass is 502 g/mol. The number of benzene rings is 3. The molecule has 0 fully saturated rings. The van der Waals surface area contributed by atoms with Crippen molar-refractivity contribution in [2.24, 2.45) is 0 Å². The number of para-hydroxylation sites is 1. The Balaban J connectivity index is 1.61. The zero-order chi connectivity index (χ0) is 25.0. The Labute approximate surface area is 208 Å². The van der Waals surface area contributed by atoms with Crippen molar-refractivity contribution in [2.45, 2.75) is 13.0 Å². The molecule has 0 aliphatic carbocycles. The lowest BCUT2D eigenvalue weighted by atomic mass is 9.98. The van der Waals surface area contributed by atoms with Crippen LogP contribution in [0.4, 0.5) is 9.52 Å². The molecule has 3 heterocycles. The molecule has 180 valence electrons. The van der Waals surface area contributed by atoms with Crippen LogP contribution in [0.15, 0.2) is 69.9 Å². The predicted molar refractivity (Wildman–Crippen MR) is 135 cm³/mol. The van der Waals surface area contributed by atoms with Gasteiger partial charge >= 0.3 is 0 Å². The Morgan fingerprint density at radius 1 is 1.08 bits per heavy atom. The van der Waals surface area contributed by atoms with E-state index in [4.69, 9.17) is 13.9 Å². The fraction of sp³-hybridized carbons (Fsp3) is 0.148. The second kappa shape index (κ2) is 8.46. The highest BCUT2D eigenvalue weighted by Crippen LogP contribution is 2.45. The van der Waals surface area contributed by atoms with E-state index in [0.717, 1.165) is 0 Å². The molecule has 0 spiro atoms. The van der Waals surface area contributed by atoms with Gasteiger partial charge in [0, 0.05) is 0 Å². The number of carbonyl (C=O) groups is 1. The first-order valence-corrected chi connectivity index (χ1v) is 12.1. The Kier molecular flexibility index (Phi) is 5.22. The van der Waals surface area contributed by atoms with Crippen molar-refractivity contribution in [3.63, 3.8) is 0 Å². The number of methoxy groups -OCH3 is 1. The normalized spacial score (nSPS) is 15.0. The molecule has 1 amide bonds. The third-order valence-electron chi connectivity index (χ3n) is 6.13. The van der Waals surface area contributed by atoms with Gasteiger partial charge in [0.2, 0.25) is 5.76 Å². The largest absolute Gasteiger partial charge is 0.493 e. The molecular formula is C27H19FN2O5S. The number of rotatable bonds is 5. The van der Waals surface area contributed by atoms with Gasteiger partial charge in [-0.3, -0.25) is 14.5 Å². The fourth-order valence-corrected chi connectivity index (χ4v) is 5.57. The minimum atomic E-state index is -0.830. The van der Waals surface area contributed by atoms with Crippen molar-refractivity contribution < 1.29 is 23.1 Å². The molecule has 1 unspecified atom stereocenters. The summed E-state index contributed by atoms with van der Waals surface area (Å²) in [4.78, 5) is 33.5. The molecule has 0 bridgehead atoms. The quantitative estimate of drug-likeness (QED) is 0.307. The van der Waals surface area contributed by atoms with Gasteiger partial charge < -0.3 is 13.9 Å². The summed E-state index contributed by atoms with van der Waals surface area (Å²) in [5.74, 6) is 0.0736. The number of anilines is 1. The maximum Gasteiger partial charge on any atom is 0.297 e. The number of ether oxygens (including phenoxy) is 2.